The fourth-order valence-electron chi connectivity index (χ4n) is 15.7. The third-order valence-corrected chi connectivity index (χ3v) is 23.6. The number of aromatic hydroxyl groups is 13. The molecule has 0 fully saturated rings. The second-order valence-corrected chi connectivity index (χ2v) is 33.4. The van der Waals surface area contributed by atoms with Crippen LogP contribution in [-0.4, -0.2) is 77.5 Å². The largest absolute Gasteiger partial charge is 0.508 e. The van der Waals surface area contributed by atoms with Crippen LogP contribution in [-0.2, 0) is 45.7 Å². The smallest absolute Gasteiger partial charge is 0.318 e. The molecule has 0 aliphatic rings. The van der Waals surface area contributed by atoms with Gasteiger partial charge in [0.25, 0.3) is 0 Å². The number of phenolic OH excluding ortho intramolecular Hbond substituents is 13. The summed E-state index contributed by atoms with van der Waals surface area (Å²) in [5.41, 5.74) is 23.3. The SMILES string of the molecule is CC(C(=O)O)(c1ccc(O)cc1)c1ccc(O)cc1.CC(c1ccc(O)cc1)(c1ccc(O)cc1)c1ccc(O)cc1.CC(c1ccccc1)(c1ccc(O)cc1)c1ccc(O)cc1.Cc1cc(C(C)(C)c2cc(C)c(O)c(C)c2)cc(C)c1O.Cc1cc(CCc2cc(C)c(O)c(C)c2)cc(C)c1O.Cc1cc(Cc2cc(C)c(O)c(C)c2)cc(C)c1O. The topological polar surface area (TPSA) is 300 Å². The molecule has 14 aromatic rings. The first kappa shape index (κ1) is 93.8. The summed E-state index contributed by atoms with van der Waals surface area (Å²) in [6, 6.07) is 82.6. The van der Waals surface area contributed by atoms with Crippen LogP contribution in [0.2, 0.25) is 0 Å². The van der Waals surface area contributed by atoms with Crippen molar-refractivity contribution in [1.29, 1.82) is 0 Å². The molecule has 14 N–H and O–H groups in total. The van der Waals surface area contributed by atoms with E-state index < -0.39 is 16.8 Å². The van der Waals surface area contributed by atoms with Crippen molar-refractivity contribution in [3.05, 3.63) is 418 Å². The summed E-state index contributed by atoms with van der Waals surface area (Å²) in [5, 5.41) is 135. The summed E-state index contributed by atoms with van der Waals surface area (Å²) in [7, 11) is 0. The van der Waals surface area contributed by atoms with E-state index in [1.54, 1.807) is 91.9 Å². The third kappa shape index (κ3) is 22.4. The third-order valence-electron chi connectivity index (χ3n) is 23.6. The second kappa shape index (κ2) is 40.1. The Hall–Kier alpha value is -14.1. The first-order valence-corrected chi connectivity index (χ1v) is 41.1. The van der Waals surface area contributed by atoms with E-state index in [1.165, 1.54) is 57.6 Å². The molecule has 0 heterocycles. The van der Waals surface area contributed by atoms with Gasteiger partial charge in [-0.2, -0.15) is 0 Å². The lowest BCUT2D eigenvalue weighted by molar-refractivity contribution is -0.141. The van der Waals surface area contributed by atoms with Gasteiger partial charge in [-0.05, 0) is 353 Å². The second-order valence-electron chi connectivity index (χ2n) is 33.4. The quantitative estimate of drug-likeness (QED) is 0.0400. The lowest BCUT2D eigenvalue weighted by atomic mass is 9.71. The molecule has 0 bridgehead atoms. The van der Waals surface area contributed by atoms with Crippen molar-refractivity contribution in [2.75, 3.05) is 0 Å². The van der Waals surface area contributed by atoms with Gasteiger partial charge in [0.1, 0.15) is 80.2 Å². The van der Waals surface area contributed by atoms with Crippen LogP contribution in [0.25, 0.3) is 0 Å². The number of benzene rings is 14. The number of hydrogen-bond donors (Lipinski definition) is 14. The van der Waals surface area contributed by atoms with Gasteiger partial charge in [-0.3, -0.25) is 4.79 Å². The minimum atomic E-state index is -1.23. The Morgan fingerprint density at radius 2 is 0.387 bits per heavy atom. The molecule has 0 aliphatic carbocycles. The van der Waals surface area contributed by atoms with E-state index >= 15 is 0 Å². The number of carboxylic acid groups (broad SMARTS) is 1. The Balaban J connectivity index is 0.000000169. The standard InChI is InChI=1S/C20H18O3.C20H18O2.C19H24O2.C18H22O2.C17H20O2.C15H14O4/c1-20(14-2-8-17(21)9-3-14,15-4-10-18(22)11-5-15)16-6-12-19(23)13-7-16;1-20(15-5-3-2-4-6-15,16-7-11-18(21)12-8-16)17-9-13-19(22)14-10-17;1-11-7-15(8-12(2)17(11)20)19(5,6)16-9-13(3)18(21)14(4)10-16;1-11-7-15(8-12(2)17(11)19)5-6-16-9-13(3)18(20)14(4)10-16;1-10-5-14(6-11(2)16(10)18)9-15-7-12(3)17(19)13(4)8-15;1-15(14(18)19,10-2-6-12(16)7-3-10)11-4-8-13(17)9-5-11/h2-13,21-23H,1H3;2-14,21-22H,1H3;7-10,20-21H,1-6H3;7-10,19-20H,5-6H2,1-4H3;5-8,18-19H,9H2,1-4H3;2-9,16-17H,1H3,(H,18,19). The maximum atomic E-state index is 11.7. The van der Waals surface area contributed by atoms with Gasteiger partial charge in [0.05, 0.1) is 0 Å². The zero-order chi connectivity index (χ0) is 91.0. The van der Waals surface area contributed by atoms with Crippen LogP contribution in [0.1, 0.15) is 179 Å². The predicted octanol–water partition coefficient (Wildman–Crippen LogP) is 23.8. The molecule has 642 valence electrons. The molecule has 0 aliphatic heterocycles. The average molecular weight is 1670 g/mol. The van der Waals surface area contributed by atoms with Crippen LogP contribution in [0.4, 0.5) is 0 Å². The molecule has 0 spiro atoms. The van der Waals surface area contributed by atoms with E-state index in [9.17, 15) is 76.3 Å². The van der Waals surface area contributed by atoms with Gasteiger partial charge in [-0.15, -0.1) is 0 Å². The van der Waals surface area contributed by atoms with Gasteiger partial charge < -0.3 is 71.5 Å². The average Bonchev–Trinajstić information content (AvgIpc) is 0.761. The number of aryl methyl sites for hydroxylation is 14. The van der Waals surface area contributed by atoms with Crippen molar-refractivity contribution in [1.82, 2.24) is 0 Å². The summed E-state index contributed by atoms with van der Waals surface area (Å²) in [4.78, 5) is 11.7. The molecule has 0 saturated carbocycles. The van der Waals surface area contributed by atoms with E-state index in [1.807, 2.05) is 235 Å². The molecule has 0 saturated heterocycles. The van der Waals surface area contributed by atoms with E-state index in [0.717, 1.165) is 119 Å². The van der Waals surface area contributed by atoms with Gasteiger partial charge >= 0.3 is 5.97 Å². The highest BCUT2D eigenvalue weighted by atomic mass is 16.4. The van der Waals surface area contributed by atoms with Crippen molar-refractivity contribution in [3.63, 3.8) is 0 Å². The molecule has 0 aromatic heterocycles. The van der Waals surface area contributed by atoms with E-state index in [0.29, 0.717) is 45.6 Å². The first-order chi connectivity index (χ1) is 58.4. The fourth-order valence-corrected chi connectivity index (χ4v) is 15.7. The molecule has 0 unspecified atom stereocenters. The Bertz CT molecular complexity index is 5480. The summed E-state index contributed by atoms with van der Waals surface area (Å²) in [6.45, 7) is 33.3. The van der Waals surface area contributed by atoms with Crippen molar-refractivity contribution in [2.45, 2.75) is 159 Å². The lowest BCUT2D eigenvalue weighted by Gasteiger charge is -2.32. The van der Waals surface area contributed by atoms with Crippen LogP contribution < -0.4 is 0 Å². The summed E-state index contributed by atoms with van der Waals surface area (Å²) >= 11 is 0. The lowest BCUT2D eigenvalue weighted by Crippen LogP contribution is -2.33. The molecule has 0 radical (unpaired) electrons. The molecular weight excluding hydrogens is 1550 g/mol. The monoisotopic (exact) mass is 1660 g/mol. The fraction of sp³-hybridized carbons (Fsp3) is 0.220. The molecule has 0 amide bonds. The minimum Gasteiger partial charge on any atom is -0.508 e. The highest BCUT2D eigenvalue weighted by Gasteiger charge is 2.38. The summed E-state index contributed by atoms with van der Waals surface area (Å²) < 4.78 is 0. The van der Waals surface area contributed by atoms with Crippen molar-refractivity contribution in [3.8, 4) is 74.7 Å². The molecule has 15 nitrogen and oxygen atoms in total. The zero-order valence-corrected chi connectivity index (χ0v) is 73.8. The molecule has 124 heavy (non-hydrogen) atoms. The highest BCUT2D eigenvalue weighted by Crippen LogP contribution is 2.44. The van der Waals surface area contributed by atoms with Crippen LogP contribution in [0.5, 0.6) is 74.7 Å². The Morgan fingerprint density at radius 1 is 0.218 bits per heavy atom. The molecular formula is C109H116O15. The Morgan fingerprint density at radius 3 is 0.581 bits per heavy atom. The molecule has 14 rings (SSSR count). The van der Waals surface area contributed by atoms with E-state index in [4.69, 9.17) is 0 Å². The van der Waals surface area contributed by atoms with Crippen molar-refractivity contribution >= 4 is 5.97 Å². The number of hydrogen-bond acceptors (Lipinski definition) is 14. The maximum Gasteiger partial charge on any atom is 0.318 e. The van der Waals surface area contributed by atoms with Gasteiger partial charge in [0.2, 0.25) is 0 Å². The number of carboxylic acids is 1. The van der Waals surface area contributed by atoms with E-state index in [2.05, 4.69) is 39.8 Å². The van der Waals surface area contributed by atoms with Crippen LogP contribution in [0, 0.1) is 83.1 Å². The Labute approximate surface area is 729 Å². The van der Waals surface area contributed by atoms with Crippen molar-refractivity contribution < 1.29 is 76.3 Å². The number of rotatable bonds is 16. The van der Waals surface area contributed by atoms with Gasteiger partial charge in [0.15, 0.2) is 0 Å². The maximum absolute atomic E-state index is 11.7. The summed E-state index contributed by atoms with van der Waals surface area (Å²) in [6.07, 6.45) is 2.68. The minimum absolute atomic E-state index is 0.0854. The summed E-state index contributed by atoms with van der Waals surface area (Å²) in [5.74, 6) is 2.61. The van der Waals surface area contributed by atoms with Crippen LogP contribution >= 0.6 is 0 Å². The Kier molecular flexibility index (Phi) is 30.3. The van der Waals surface area contributed by atoms with Gasteiger partial charge in [0, 0.05) is 16.2 Å². The van der Waals surface area contributed by atoms with Crippen molar-refractivity contribution in [2.24, 2.45) is 0 Å². The molecule has 15 heteroatoms. The van der Waals surface area contributed by atoms with Gasteiger partial charge in [-0.25, -0.2) is 0 Å². The van der Waals surface area contributed by atoms with Gasteiger partial charge in [-0.1, -0.05) is 202 Å². The number of aliphatic carboxylic acids is 1. The first-order valence-electron chi connectivity index (χ1n) is 41.1. The predicted molar refractivity (Wildman–Crippen MR) is 496 cm³/mol. The van der Waals surface area contributed by atoms with E-state index in [-0.39, 0.29) is 51.1 Å². The van der Waals surface area contributed by atoms with Crippen LogP contribution in [0.3, 0.4) is 0 Å². The highest BCUT2D eigenvalue weighted by molar-refractivity contribution is 5.85. The zero-order valence-electron chi connectivity index (χ0n) is 73.8. The molecule has 14 aromatic carbocycles. The molecule has 0 atom stereocenters. The number of carbonyl (C=O) groups is 1. The number of phenols is 13. The normalized spacial score (nSPS) is 11.2. The van der Waals surface area contributed by atoms with Crippen LogP contribution in [0.15, 0.2) is 273 Å².